The second-order valence-electron chi connectivity index (χ2n) is 21.0. The molecule has 2 rings (SSSR count). The Labute approximate surface area is 404 Å². The Balaban J connectivity index is 1.70. The zero-order chi connectivity index (χ0) is 46.7. The lowest BCUT2D eigenvalue weighted by Gasteiger charge is -2.28. The highest BCUT2D eigenvalue weighted by atomic mass is 16.2. The minimum atomic E-state index is 0.227. The highest BCUT2D eigenvalue weighted by Crippen LogP contribution is 2.25. The van der Waals surface area contributed by atoms with Crippen LogP contribution in [0.1, 0.15) is 225 Å². The third kappa shape index (κ3) is 37.3. The van der Waals surface area contributed by atoms with E-state index < -0.39 is 0 Å². The summed E-state index contributed by atoms with van der Waals surface area (Å²) < 4.78 is 0. The lowest BCUT2D eigenvalue weighted by molar-refractivity contribution is -0.122. The number of carbonyl (C=O) groups excluding carboxylic acids is 2. The summed E-state index contributed by atoms with van der Waals surface area (Å²) in [7, 11) is 6.73. The van der Waals surface area contributed by atoms with Gasteiger partial charge in [0.2, 0.25) is 11.8 Å². The van der Waals surface area contributed by atoms with E-state index in [4.69, 9.17) is 0 Å². The Morgan fingerprint density at radius 2 is 0.908 bits per heavy atom. The first-order valence-corrected chi connectivity index (χ1v) is 28.6. The Bertz CT molecular complexity index is 1070. The molecule has 0 spiro atoms. The van der Waals surface area contributed by atoms with Crippen LogP contribution in [0.5, 0.6) is 0 Å². The van der Waals surface area contributed by atoms with Gasteiger partial charge < -0.3 is 41.3 Å². The normalized spacial score (nSPS) is 22.2. The molecule has 10 nitrogen and oxygen atoms in total. The average Bonchev–Trinajstić information content (AvgIpc) is 3.29. The van der Waals surface area contributed by atoms with E-state index in [1.807, 2.05) is 0 Å². The Hall–Kier alpha value is -1.30. The monoisotopic (exact) mass is 917 g/mol. The molecule has 3 unspecified atom stereocenters. The maximum absolute atomic E-state index is 13.1. The van der Waals surface area contributed by atoms with E-state index in [9.17, 15) is 9.59 Å². The maximum Gasteiger partial charge on any atom is 0.221 e. The highest BCUT2D eigenvalue weighted by molar-refractivity contribution is 5.76. The van der Waals surface area contributed by atoms with Gasteiger partial charge >= 0.3 is 0 Å². The summed E-state index contributed by atoms with van der Waals surface area (Å²) in [4.78, 5) is 33.5. The summed E-state index contributed by atoms with van der Waals surface area (Å²) in [6.45, 7) is 14.7. The van der Waals surface area contributed by atoms with Crippen LogP contribution >= 0.6 is 0 Å². The van der Waals surface area contributed by atoms with Crippen molar-refractivity contribution < 1.29 is 9.59 Å². The smallest absolute Gasteiger partial charge is 0.221 e. The predicted octanol–water partition coefficient (Wildman–Crippen LogP) is 10.4. The summed E-state index contributed by atoms with van der Waals surface area (Å²) >= 11 is 0. The van der Waals surface area contributed by atoms with Crippen molar-refractivity contribution in [3.8, 4) is 0 Å². The number of nitrogens with zero attached hydrogens (tertiary/aromatic N) is 3. The van der Waals surface area contributed by atoms with Gasteiger partial charge in [0.15, 0.2) is 0 Å². The van der Waals surface area contributed by atoms with Gasteiger partial charge in [0.1, 0.15) is 0 Å². The molecule has 0 saturated carbocycles. The fourth-order valence-corrected chi connectivity index (χ4v) is 10.3. The molecule has 0 aromatic carbocycles. The van der Waals surface area contributed by atoms with Crippen molar-refractivity contribution in [2.75, 3.05) is 99.7 Å². The van der Waals surface area contributed by atoms with Gasteiger partial charge in [-0.05, 0) is 157 Å². The first kappa shape index (κ1) is 59.8. The van der Waals surface area contributed by atoms with Crippen molar-refractivity contribution in [3.63, 3.8) is 0 Å². The van der Waals surface area contributed by atoms with Crippen molar-refractivity contribution in [3.05, 3.63) is 0 Å². The molecule has 0 aromatic rings. The van der Waals surface area contributed by atoms with Crippen molar-refractivity contribution in [1.82, 2.24) is 41.3 Å². The molecule has 384 valence electrons. The van der Waals surface area contributed by atoms with Crippen LogP contribution < -0.4 is 26.6 Å². The van der Waals surface area contributed by atoms with Crippen LogP contribution in [0, 0.1) is 5.92 Å². The highest BCUT2D eigenvalue weighted by Gasteiger charge is 2.21. The minimum absolute atomic E-state index is 0.227. The second-order valence-corrected chi connectivity index (χ2v) is 21.0. The number of nitrogens with one attached hydrogen (secondary N) is 5. The molecule has 3 atom stereocenters. The van der Waals surface area contributed by atoms with Crippen LogP contribution in [0.4, 0.5) is 0 Å². The molecule has 10 heteroatoms. The summed E-state index contributed by atoms with van der Waals surface area (Å²) in [6.07, 6.45) is 42.6. The first-order chi connectivity index (χ1) is 31.9. The van der Waals surface area contributed by atoms with Crippen molar-refractivity contribution >= 4 is 11.8 Å². The van der Waals surface area contributed by atoms with Gasteiger partial charge in [0, 0.05) is 38.0 Å². The van der Waals surface area contributed by atoms with Crippen LogP contribution in [0.25, 0.3) is 0 Å². The molecule has 65 heavy (non-hydrogen) atoms. The Kier molecular flexibility index (Phi) is 40.4. The summed E-state index contributed by atoms with van der Waals surface area (Å²) in [5.74, 6) is 1.17. The largest absolute Gasteiger partial charge is 0.356 e. The predicted molar refractivity (Wildman–Crippen MR) is 281 cm³/mol. The maximum atomic E-state index is 13.1. The first-order valence-electron chi connectivity index (χ1n) is 28.6. The van der Waals surface area contributed by atoms with Gasteiger partial charge in [0.25, 0.3) is 0 Å². The molecule has 2 aliphatic heterocycles. The zero-order valence-corrected chi connectivity index (χ0v) is 43.9. The molecule has 2 saturated heterocycles. The van der Waals surface area contributed by atoms with Crippen LogP contribution in [-0.2, 0) is 9.59 Å². The van der Waals surface area contributed by atoms with E-state index in [0.717, 1.165) is 104 Å². The molecule has 0 radical (unpaired) electrons. The molecule has 0 aliphatic carbocycles. The topological polar surface area (TPSA) is 104 Å². The lowest BCUT2D eigenvalue weighted by atomic mass is 9.87. The van der Waals surface area contributed by atoms with E-state index in [0.29, 0.717) is 24.8 Å². The van der Waals surface area contributed by atoms with E-state index in [2.05, 4.69) is 69.4 Å². The second kappa shape index (κ2) is 43.9. The molecule has 2 fully saturated rings. The Morgan fingerprint density at radius 1 is 0.462 bits per heavy atom. The number of carbonyl (C=O) groups is 2. The zero-order valence-electron chi connectivity index (χ0n) is 43.9. The van der Waals surface area contributed by atoms with Gasteiger partial charge in [-0.2, -0.15) is 0 Å². The third-order valence-corrected chi connectivity index (χ3v) is 14.7. The van der Waals surface area contributed by atoms with Crippen molar-refractivity contribution in [2.24, 2.45) is 5.92 Å². The quantitative estimate of drug-likeness (QED) is 0.0547. The van der Waals surface area contributed by atoms with Gasteiger partial charge in [0.05, 0.1) is 0 Å². The molecular formula is C55H112N8O2. The van der Waals surface area contributed by atoms with Crippen LogP contribution in [0.15, 0.2) is 0 Å². The minimum Gasteiger partial charge on any atom is -0.356 e. The molecule has 0 bridgehead atoms. The third-order valence-electron chi connectivity index (χ3n) is 14.7. The molecule has 0 aromatic heterocycles. The summed E-state index contributed by atoms with van der Waals surface area (Å²) in [6, 6.07) is 0.621. The fourth-order valence-electron chi connectivity index (χ4n) is 10.3. The standard InChI is InChI=1S/C55H112N8O2/c1-5-6-7-8-9-13-16-19-22-33-51(48-52-49-54(64)59-41-30-39-57-37-26-25-36-56-38-29-40-58-52)34-23-20-17-14-11-10-12-15-18-21-24-35-53-50-55(65)60-42-31-45-61(2)43-27-28-44-62(3)46-32-47-63(53)4/h51-53,56-58H,5-50H2,1-4H3,(H,59,64)(H,60,65). The Morgan fingerprint density at radius 3 is 1.48 bits per heavy atom. The number of hydrogen-bond donors (Lipinski definition) is 5. The van der Waals surface area contributed by atoms with E-state index in [1.165, 1.54) is 180 Å². The number of unbranched alkanes of at least 4 members (excludes halogenated alkanes) is 18. The average molecular weight is 918 g/mol. The van der Waals surface area contributed by atoms with Gasteiger partial charge in [-0.15, -0.1) is 0 Å². The molecule has 2 aliphatic rings. The van der Waals surface area contributed by atoms with Crippen molar-refractivity contribution in [2.45, 2.75) is 237 Å². The van der Waals surface area contributed by atoms with Crippen LogP contribution in [0.2, 0.25) is 0 Å². The number of rotatable bonds is 26. The SMILES string of the molecule is CCCCCCCCCCCC(CCCCCCCCCCCCCC1CC(=O)NCCCN(C)CCCCN(C)CCCN1C)CC1CC(=O)NCCCNCCCCNCCCN1. The summed E-state index contributed by atoms with van der Waals surface area (Å²) in [5, 5.41) is 17.5. The molecule has 2 amide bonds. The molecule has 5 N–H and O–H groups in total. The van der Waals surface area contributed by atoms with Crippen LogP contribution in [0.3, 0.4) is 0 Å². The van der Waals surface area contributed by atoms with Crippen LogP contribution in [-0.4, -0.2) is 138 Å². The van der Waals surface area contributed by atoms with E-state index in [1.54, 1.807) is 0 Å². The van der Waals surface area contributed by atoms with Gasteiger partial charge in [-0.1, -0.05) is 148 Å². The molecular weight excluding hydrogens is 805 g/mol. The lowest BCUT2D eigenvalue weighted by Crippen LogP contribution is -2.39. The summed E-state index contributed by atoms with van der Waals surface area (Å²) in [5.41, 5.74) is 0. The van der Waals surface area contributed by atoms with Gasteiger partial charge in [-0.3, -0.25) is 9.59 Å². The van der Waals surface area contributed by atoms with Crippen molar-refractivity contribution in [1.29, 1.82) is 0 Å². The van der Waals surface area contributed by atoms with E-state index in [-0.39, 0.29) is 17.9 Å². The number of hydrogen-bond acceptors (Lipinski definition) is 8. The number of amides is 2. The van der Waals surface area contributed by atoms with Gasteiger partial charge in [-0.25, -0.2) is 0 Å². The van der Waals surface area contributed by atoms with E-state index >= 15 is 0 Å². The fraction of sp³-hybridized carbons (Fsp3) is 0.964. The molecule has 2 heterocycles.